The normalized spacial score (nSPS) is 9.18. The number of anilines is 1. The van der Waals surface area contributed by atoms with Crippen molar-refractivity contribution in [1.82, 2.24) is 4.98 Å². The summed E-state index contributed by atoms with van der Waals surface area (Å²) in [6.45, 7) is 3.67. The Morgan fingerprint density at radius 2 is 2.45 bits per heavy atom. The standard InChI is InChI=1S/C8H10N2S/c1-3-6-7(11)4-5-10-8(6)9-2/h3-5H,1H2,2H3,(H2,9,10,11). The Balaban J connectivity index is 3.36. The van der Waals surface area contributed by atoms with Gasteiger partial charge >= 0.3 is 0 Å². The van der Waals surface area contributed by atoms with Crippen LogP contribution in [0.1, 0.15) is 5.56 Å². The minimum Gasteiger partial charge on any atom is -0.374 e. The average molecular weight is 166 g/mol. The summed E-state index contributed by atoms with van der Waals surface area (Å²) in [6, 6.07) is 1.84. The van der Waals surface area contributed by atoms with Crippen molar-refractivity contribution < 1.29 is 0 Å². The molecular weight excluding hydrogens is 156 g/mol. The second-order valence-corrected chi connectivity index (χ2v) is 2.52. The lowest BCUT2D eigenvalue weighted by Gasteiger charge is -2.03. The summed E-state index contributed by atoms with van der Waals surface area (Å²) in [5.74, 6) is 0.910. The lowest BCUT2D eigenvalue weighted by Crippen LogP contribution is -1.94. The minimum atomic E-state index is 0.808. The van der Waals surface area contributed by atoms with Gasteiger partial charge in [0.1, 0.15) is 5.82 Å². The van der Waals surface area contributed by atoms with Crippen molar-refractivity contribution in [2.24, 2.45) is 0 Å². The van der Waals surface area contributed by atoms with E-state index < -0.39 is 0 Å². The third-order valence-corrected chi connectivity index (χ3v) is 1.81. The predicted molar refractivity (Wildman–Crippen MR) is 51.3 cm³/mol. The summed E-state index contributed by atoms with van der Waals surface area (Å²) in [6.07, 6.45) is 3.55. The molecule has 0 fully saturated rings. The molecule has 0 saturated heterocycles. The third kappa shape index (κ3) is 1.49. The van der Waals surface area contributed by atoms with Crippen LogP contribution in [0, 0.1) is 4.51 Å². The van der Waals surface area contributed by atoms with Crippen molar-refractivity contribution in [3.05, 3.63) is 28.9 Å². The highest BCUT2D eigenvalue weighted by atomic mass is 32.1. The molecule has 0 amide bonds. The molecule has 0 atom stereocenters. The van der Waals surface area contributed by atoms with Crippen molar-refractivity contribution >= 4 is 24.1 Å². The van der Waals surface area contributed by atoms with E-state index in [1.165, 1.54) is 0 Å². The van der Waals surface area contributed by atoms with Crippen LogP contribution in [0.15, 0.2) is 18.8 Å². The first kappa shape index (κ1) is 8.01. The molecule has 0 unspecified atom stereocenters. The van der Waals surface area contributed by atoms with E-state index in [2.05, 4.69) is 16.9 Å². The number of aromatic amines is 1. The van der Waals surface area contributed by atoms with Crippen molar-refractivity contribution in [1.29, 1.82) is 0 Å². The van der Waals surface area contributed by atoms with Crippen molar-refractivity contribution in [2.75, 3.05) is 12.4 Å². The van der Waals surface area contributed by atoms with Gasteiger partial charge in [-0.05, 0) is 6.07 Å². The number of H-pyrrole nitrogens is 1. The molecule has 0 saturated carbocycles. The molecule has 0 aliphatic rings. The lowest BCUT2D eigenvalue weighted by atomic mass is 10.2. The van der Waals surface area contributed by atoms with E-state index in [1.54, 1.807) is 12.3 Å². The van der Waals surface area contributed by atoms with Gasteiger partial charge in [-0.2, -0.15) is 0 Å². The lowest BCUT2D eigenvalue weighted by molar-refractivity contribution is 1.27. The van der Waals surface area contributed by atoms with Gasteiger partial charge < -0.3 is 10.3 Å². The van der Waals surface area contributed by atoms with Crippen LogP contribution < -0.4 is 5.32 Å². The molecule has 0 aromatic carbocycles. The molecule has 1 rings (SSSR count). The average Bonchev–Trinajstić information content (AvgIpc) is 2.04. The fraction of sp³-hybridized carbons (Fsp3) is 0.125. The number of pyridine rings is 1. The molecule has 0 aliphatic heterocycles. The molecule has 0 radical (unpaired) electrons. The maximum Gasteiger partial charge on any atom is 0.111 e. The van der Waals surface area contributed by atoms with E-state index in [4.69, 9.17) is 12.2 Å². The van der Waals surface area contributed by atoms with Gasteiger partial charge in [0.25, 0.3) is 0 Å². The fourth-order valence-electron chi connectivity index (χ4n) is 0.901. The van der Waals surface area contributed by atoms with Crippen molar-refractivity contribution in [3.8, 4) is 0 Å². The maximum absolute atomic E-state index is 5.07. The predicted octanol–water partition coefficient (Wildman–Crippen LogP) is 2.43. The van der Waals surface area contributed by atoms with Crippen LogP contribution in [-0.4, -0.2) is 12.0 Å². The smallest absolute Gasteiger partial charge is 0.111 e. The Morgan fingerprint density at radius 3 is 2.91 bits per heavy atom. The van der Waals surface area contributed by atoms with Gasteiger partial charge in [-0.1, -0.05) is 24.9 Å². The number of hydrogen-bond donors (Lipinski definition) is 2. The summed E-state index contributed by atoms with van der Waals surface area (Å²) in [7, 11) is 1.84. The van der Waals surface area contributed by atoms with Gasteiger partial charge in [0.15, 0.2) is 0 Å². The Bertz CT molecular complexity index is 314. The first-order chi connectivity index (χ1) is 5.29. The molecule has 0 spiro atoms. The zero-order valence-electron chi connectivity index (χ0n) is 6.35. The summed E-state index contributed by atoms with van der Waals surface area (Å²) in [5, 5.41) is 2.99. The fourth-order valence-corrected chi connectivity index (χ4v) is 1.15. The number of hydrogen-bond acceptors (Lipinski definition) is 2. The summed E-state index contributed by atoms with van der Waals surface area (Å²) in [5.41, 5.74) is 0.949. The third-order valence-electron chi connectivity index (χ3n) is 1.45. The molecule has 0 aliphatic carbocycles. The van der Waals surface area contributed by atoms with Crippen LogP contribution in [0.2, 0.25) is 0 Å². The first-order valence-electron chi connectivity index (χ1n) is 3.31. The van der Waals surface area contributed by atoms with Gasteiger partial charge in [-0.25, -0.2) is 0 Å². The number of nitrogens with one attached hydrogen (secondary N) is 2. The molecule has 2 N–H and O–H groups in total. The minimum absolute atomic E-state index is 0.808. The van der Waals surface area contributed by atoms with Crippen LogP contribution in [0.3, 0.4) is 0 Å². The van der Waals surface area contributed by atoms with Crippen LogP contribution in [0.5, 0.6) is 0 Å². The first-order valence-corrected chi connectivity index (χ1v) is 3.72. The van der Waals surface area contributed by atoms with Crippen molar-refractivity contribution in [3.63, 3.8) is 0 Å². The van der Waals surface area contributed by atoms with E-state index >= 15 is 0 Å². The van der Waals surface area contributed by atoms with Crippen LogP contribution in [-0.2, 0) is 0 Å². The zero-order valence-corrected chi connectivity index (χ0v) is 7.16. The molecular formula is C8H10N2S. The van der Waals surface area contributed by atoms with E-state index in [1.807, 2.05) is 13.1 Å². The largest absolute Gasteiger partial charge is 0.374 e. The molecule has 58 valence electrons. The second kappa shape index (κ2) is 3.34. The Kier molecular flexibility index (Phi) is 2.44. The van der Waals surface area contributed by atoms with Gasteiger partial charge in [-0.3, -0.25) is 0 Å². The summed E-state index contributed by atoms with van der Waals surface area (Å²) >= 11 is 5.07. The Morgan fingerprint density at radius 1 is 1.73 bits per heavy atom. The quantitative estimate of drug-likeness (QED) is 0.660. The molecule has 1 aromatic heterocycles. The monoisotopic (exact) mass is 166 g/mol. The summed E-state index contributed by atoms with van der Waals surface area (Å²) in [4.78, 5) is 3.03. The highest BCUT2D eigenvalue weighted by molar-refractivity contribution is 7.71. The molecule has 3 heteroatoms. The highest BCUT2D eigenvalue weighted by Crippen LogP contribution is 2.13. The Labute approximate surface area is 71.0 Å². The molecule has 0 bridgehead atoms. The van der Waals surface area contributed by atoms with E-state index in [-0.39, 0.29) is 0 Å². The van der Waals surface area contributed by atoms with E-state index in [0.717, 1.165) is 15.9 Å². The number of rotatable bonds is 2. The molecule has 1 aromatic rings. The molecule has 1 heterocycles. The number of aromatic nitrogens is 1. The van der Waals surface area contributed by atoms with Crippen LogP contribution in [0.25, 0.3) is 6.08 Å². The molecule has 2 nitrogen and oxygen atoms in total. The van der Waals surface area contributed by atoms with Gasteiger partial charge in [0, 0.05) is 23.3 Å². The van der Waals surface area contributed by atoms with E-state index in [0.29, 0.717) is 0 Å². The van der Waals surface area contributed by atoms with Crippen LogP contribution in [0.4, 0.5) is 5.82 Å². The zero-order chi connectivity index (χ0) is 8.27. The van der Waals surface area contributed by atoms with Crippen LogP contribution >= 0.6 is 12.2 Å². The second-order valence-electron chi connectivity index (χ2n) is 2.08. The SMILES string of the molecule is C=Cc1c(NC)[nH]ccc1=S. The summed E-state index contributed by atoms with van der Waals surface area (Å²) < 4.78 is 0.808. The van der Waals surface area contributed by atoms with Gasteiger partial charge in [0.05, 0.1) is 0 Å². The Hall–Kier alpha value is -1.09. The highest BCUT2D eigenvalue weighted by Gasteiger charge is 1.96. The molecule has 11 heavy (non-hydrogen) atoms. The topological polar surface area (TPSA) is 27.8 Å². The van der Waals surface area contributed by atoms with E-state index in [9.17, 15) is 0 Å². The van der Waals surface area contributed by atoms with Crippen molar-refractivity contribution in [2.45, 2.75) is 0 Å². The van der Waals surface area contributed by atoms with Gasteiger partial charge in [-0.15, -0.1) is 0 Å². The maximum atomic E-state index is 5.07. The van der Waals surface area contributed by atoms with Gasteiger partial charge in [0.2, 0.25) is 0 Å².